The van der Waals surface area contributed by atoms with Gasteiger partial charge in [0.2, 0.25) is 5.91 Å². The number of morpholine rings is 1. The summed E-state index contributed by atoms with van der Waals surface area (Å²) in [5, 5.41) is 5.86. The van der Waals surface area contributed by atoms with E-state index in [2.05, 4.69) is 10.6 Å². The molecule has 1 aliphatic heterocycles. The Morgan fingerprint density at radius 1 is 0.938 bits per heavy atom. The molecule has 170 valence electrons. The standard InChI is InChI=1S/C24H30N4O4/c1-3-27(4-2)23(30)19-8-6-10-21(16-19)26-22(29)17-25-20-9-5-7-18(15-20)24(31)28-11-13-32-14-12-28/h5-10,15-16,25H,3-4,11-14,17H2,1-2H3,(H,26,29). The summed E-state index contributed by atoms with van der Waals surface area (Å²) in [5.74, 6) is -0.357. The largest absolute Gasteiger partial charge is 0.378 e. The Morgan fingerprint density at radius 2 is 1.56 bits per heavy atom. The van der Waals surface area contributed by atoms with Gasteiger partial charge in [0.25, 0.3) is 11.8 Å². The van der Waals surface area contributed by atoms with Crippen molar-refractivity contribution in [2.45, 2.75) is 13.8 Å². The second kappa shape index (κ2) is 11.3. The number of hydrogen-bond donors (Lipinski definition) is 2. The molecule has 3 rings (SSSR count). The quantitative estimate of drug-likeness (QED) is 0.661. The lowest BCUT2D eigenvalue weighted by atomic mass is 10.1. The zero-order chi connectivity index (χ0) is 22.9. The van der Waals surface area contributed by atoms with E-state index in [9.17, 15) is 14.4 Å². The molecule has 0 unspecified atom stereocenters. The lowest BCUT2D eigenvalue weighted by Gasteiger charge is -2.27. The zero-order valence-corrected chi connectivity index (χ0v) is 18.6. The summed E-state index contributed by atoms with van der Waals surface area (Å²) in [6, 6.07) is 14.0. The molecule has 1 heterocycles. The number of carbonyl (C=O) groups excluding carboxylic acids is 3. The van der Waals surface area contributed by atoms with Crippen molar-refractivity contribution in [2.75, 3.05) is 56.6 Å². The van der Waals surface area contributed by atoms with Gasteiger partial charge in [-0.2, -0.15) is 0 Å². The summed E-state index contributed by atoms with van der Waals surface area (Å²) in [7, 11) is 0. The average Bonchev–Trinajstić information content (AvgIpc) is 2.84. The van der Waals surface area contributed by atoms with Crippen LogP contribution in [0, 0.1) is 0 Å². The van der Waals surface area contributed by atoms with E-state index in [1.54, 1.807) is 52.3 Å². The molecule has 0 aromatic heterocycles. The minimum Gasteiger partial charge on any atom is -0.378 e. The normalized spacial score (nSPS) is 13.4. The molecular weight excluding hydrogens is 408 g/mol. The summed E-state index contributed by atoms with van der Waals surface area (Å²) in [4.78, 5) is 41.1. The van der Waals surface area contributed by atoms with Crippen LogP contribution in [0.2, 0.25) is 0 Å². The highest BCUT2D eigenvalue weighted by Crippen LogP contribution is 2.15. The van der Waals surface area contributed by atoms with Crippen molar-refractivity contribution < 1.29 is 19.1 Å². The smallest absolute Gasteiger partial charge is 0.254 e. The maximum Gasteiger partial charge on any atom is 0.254 e. The van der Waals surface area contributed by atoms with Gasteiger partial charge < -0.3 is 25.2 Å². The van der Waals surface area contributed by atoms with Crippen molar-refractivity contribution in [2.24, 2.45) is 0 Å². The molecule has 0 spiro atoms. The van der Waals surface area contributed by atoms with Crippen LogP contribution in [0.25, 0.3) is 0 Å². The Morgan fingerprint density at radius 3 is 2.25 bits per heavy atom. The Labute approximate surface area is 188 Å². The van der Waals surface area contributed by atoms with E-state index in [1.165, 1.54) is 0 Å². The van der Waals surface area contributed by atoms with Gasteiger partial charge in [0.05, 0.1) is 19.8 Å². The first-order chi connectivity index (χ1) is 15.5. The number of ether oxygens (including phenoxy) is 1. The first-order valence-electron chi connectivity index (χ1n) is 10.9. The van der Waals surface area contributed by atoms with Gasteiger partial charge in [-0.25, -0.2) is 0 Å². The highest BCUT2D eigenvalue weighted by Gasteiger charge is 2.18. The van der Waals surface area contributed by atoms with E-state index >= 15 is 0 Å². The summed E-state index contributed by atoms with van der Waals surface area (Å²) >= 11 is 0. The van der Waals surface area contributed by atoms with Gasteiger partial charge in [0.1, 0.15) is 0 Å². The van der Waals surface area contributed by atoms with Crippen LogP contribution in [0.4, 0.5) is 11.4 Å². The van der Waals surface area contributed by atoms with E-state index in [0.29, 0.717) is 61.9 Å². The fourth-order valence-corrected chi connectivity index (χ4v) is 3.52. The Kier molecular flexibility index (Phi) is 8.21. The molecule has 0 aliphatic carbocycles. The topological polar surface area (TPSA) is 91.0 Å². The monoisotopic (exact) mass is 438 g/mol. The van der Waals surface area contributed by atoms with E-state index in [1.807, 2.05) is 19.9 Å². The second-order valence-electron chi connectivity index (χ2n) is 7.45. The third kappa shape index (κ3) is 6.07. The van der Waals surface area contributed by atoms with Gasteiger partial charge in [0.15, 0.2) is 0 Å². The number of amides is 3. The number of nitrogens with one attached hydrogen (secondary N) is 2. The number of carbonyl (C=O) groups is 3. The number of benzene rings is 2. The van der Waals surface area contributed by atoms with E-state index in [4.69, 9.17) is 4.74 Å². The zero-order valence-electron chi connectivity index (χ0n) is 18.6. The van der Waals surface area contributed by atoms with Crippen molar-refractivity contribution in [3.63, 3.8) is 0 Å². The number of rotatable bonds is 8. The Bertz CT molecular complexity index is 953. The molecule has 32 heavy (non-hydrogen) atoms. The highest BCUT2D eigenvalue weighted by molar-refractivity contribution is 5.98. The fourth-order valence-electron chi connectivity index (χ4n) is 3.52. The van der Waals surface area contributed by atoms with Crippen LogP contribution in [-0.4, -0.2) is 73.5 Å². The van der Waals surface area contributed by atoms with Gasteiger partial charge >= 0.3 is 0 Å². The minimum absolute atomic E-state index is 0.0312. The lowest BCUT2D eigenvalue weighted by Crippen LogP contribution is -2.40. The number of hydrogen-bond acceptors (Lipinski definition) is 5. The van der Waals surface area contributed by atoms with Gasteiger partial charge in [-0.15, -0.1) is 0 Å². The maximum absolute atomic E-state index is 12.6. The number of nitrogens with zero attached hydrogens (tertiary/aromatic N) is 2. The fraction of sp³-hybridized carbons (Fsp3) is 0.375. The van der Waals surface area contributed by atoms with Crippen molar-refractivity contribution in [1.82, 2.24) is 9.80 Å². The van der Waals surface area contributed by atoms with Crippen LogP contribution in [-0.2, 0) is 9.53 Å². The molecular formula is C24H30N4O4. The van der Waals surface area contributed by atoms with Crippen molar-refractivity contribution in [3.05, 3.63) is 59.7 Å². The minimum atomic E-state index is -0.248. The van der Waals surface area contributed by atoms with Crippen LogP contribution >= 0.6 is 0 Å². The third-order valence-electron chi connectivity index (χ3n) is 5.30. The second-order valence-corrected chi connectivity index (χ2v) is 7.45. The van der Waals surface area contributed by atoms with E-state index in [0.717, 1.165) is 0 Å². The predicted molar refractivity (Wildman–Crippen MR) is 124 cm³/mol. The molecule has 0 saturated carbocycles. The first kappa shape index (κ1) is 23.3. The summed E-state index contributed by atoms with van der Waals surface area (Å²) in [6.07, 6.45) is 0. The molecule has 0 atom stereocenters. The van der Waals surface area contributed by atoms with Crippen LogP contribution in [0.3, 0.4) is 0 Å². The van der Waals surface area contributed by atoms with E-state index < -0.39 is 0 Å². The van der Waals surface area contributed by atoms with Crippen molar-refractivity contribution in [3.8, 4) is 0 Å². The van der Waals surface area contributed by atoms with Gasteiger partial charge in [-0.05, 0) is 50.2 Å². The SMILES string of the molecule is CCN(CC)C(=O)c1cccc(NC(=O)CNc2cccc(C(=O)N3CCOCC3)c2)c1. The molecule has 0 bridgehead atoms. The Hall–Kier alpha value is -3.39. The molecule has 2 N–H and O–H groups in total. The molecule has 2 aromatic rings. The van der Waals surface area contributed by atoms with Crippen LogP contribution < -0.4 is 10.6 Å². The summed E-state index contributed by atoms with van der Waals surface area (Å²) in [6.45, 7) is 7.40. The molecule has 1 saturated heterocycles. The molecule has 1 fully saturated rings. The van der Waals surface area contributed by atoms with Crippen LogP contribution in [0.1, 0.15) is 34.6 Å². The molecule has 3 amide bonds. The highest BCUT2D eigenvalue weighted by atomic mass is 16.5. The predicted octanol–water partition coefficient (Wildman–Crippen LogP) is 2.69. The maximum atomic E-state index is 12.6. The molecule has 1 aliphatic rings. The summed E-state index contributed by atoms with van der Waals surface area (Å²) < 4.78 is 5.29. The summed E-state index contributed by atoms with van der Waals surface area (Å²) in [5.41, 5.74) is 2.35. The van der Waals surface area contributed by atoms with Crippen LogP contribution in [0.15, 0.2) is 48.5 Å². The first-order valence-corrected chi connectivity index (χ1v) is 10.9. The molecule has 0 radical (unpaired) electrons. The molecule has 8 nitrogen and oxygen atoms in total. The third-order valence-corrected chi connectivity index (χ3v) is 5.30. The van der Waals surface area contributed by atoms with Gasteiger partial charge in [-0.1, -0.05) is 12.1 Å². The van der Waals surface area contributed by atoms with Crippen molar-refractivity contribution in [1.29, 1.82) is 0 Å². The lowest BCUT2D eigenvalue weighted by molar-refractivity contribution is -0.114. The number of anilines is 2. The Balaban J connectivity index is 1.57. The van der Waals surface area contributed by atoms with Crippen LogP contribution in [0.5, 0.6) is 0 Å². The molecule has 8 heteroatoms. The van der Waals surface area contributed by atoms with E-state index in [-0.39, 0.29) is 24.3 Å². The van der Waals surface area contributed by atoms with Crippen molar-refractivity contribution >= 4 is 29.1 Å². The van der Waals surface area contributed by atoms with Gasteiger partial charge in [0, 0.05) is 48.7 Å². The molecule has 2 aromatic carbocycles. The average molecular weight is 439 g/mol. The van der Waals surface area contributed by atoms with Gasteiger partial charge in [-0.3, -0.25) is 14.4 Å².